The van der Waals surface area contributed by atoms with Gasteiger partial charge in [0.2, 0.25) is 5.91 Å². The number of carbonyl (C=O) groups excluding carboxylic acids is 1. The van der Waals surface area contributed by atoms with E-state index in [9.17, 15) is 9.59 Å². The predicted octanol–water partition coefficient (Wildman–Crippen LogP) is 3.54. The van der Waals surface area contributed by atoms with Crippen LogP contribution in [0.25, 0.3) is 16.8 Å². The van der Waals surface area contributed by atoms with Crippen molar-refractivity contribution >= 4 is 17.1 Å². The molecule has 5 rings (SSSR count). The van der Waals surface area contributed by atoms with E-state index in [1.165, 1.54) is 10.1 Å². The number of fused-ring (bicyclic) bond motifs is 2. The molecule has 0 bridgehead atoms. The Bertz CT molecular complexity index is 1340. The van der Waals surface area contributed by atoms with E-state index in [4.69, 9.17) is 4.74 Å². The SMILES string of the molecule is CCOc1ccc(-c2cc3c(=O)n(CC(=O)N4CCCc5ccccc54)ccn3n2)cc1. The van der Waals surface area contributed by atoms with Gasteiger partial charge in [-0.3, -0.25) is 9.59 Å². The third-order valence-electron chi connectivity index (χ3n) is 5.78. The molecular weight excluding hydrogens is 404 g/mol. The Morgan fingerprint density at radius 1 is 1.09 bits per heavy atom. The number of anilines is 1. The van der Waals surface area contributed by atoms with E-state index in [0.717, 1.165) is 29.8 Å². The molecule has 1 aliphatic heterocycles. The minimum atomic E-state index is -0.240. The first kappa shape index (κ1) is 20.1. The van der Waals surface area contributed by atoms with Crippen LogP contribution in [0.1, 0.15) is 18.9 Å². The van der Waals surface area contributed by atoms with E-state index in [1.807, 2.05) is 49.4 Å². The van der Waals surface area contributed by atoms with Gasteiger partial charge in [0.1, 0.15) is 17.8 Å². The van der Waals surface area contributed by atoms with Crippen molar-refractivity contribution in [3.05, 3.63) is 82.9 Å². The highest BCUT2D eigenvalue weighted by Crippen LogP contribution is 2.27. The lowest BCUT2D eigenvalue weighted by atomic mass is 10.0. The summed E-state index contributed by atoms with van der Waals surface area (Å²) in [7, 11) is 0. The lowest BCUT2D eigenvalue weighted by molar-refractivity contribution is -0.119. The average Bonchev–Trinajstić information content (AvgIpc) is 3.26. The van der Waals surface area contributed by atoms with E-state index in [0.29, 0.717) is 24.4 Å². The zero-order valence-electron chi connectivity index (χ0n) is 17.9. The van der Waals surface area contributed by atoms with Gasteiger partial charge in [0, 0.05) is 30.2 Å². The summed E-state index contributed by atoms with van der Waals surface area (Å²) in [5.41, 5.74) is 3.90. The highest BCUT2D eigenvalue weighted by molar-refractivity contribution is 5.94. The van der Waals surface area contributed by atoms with Crippen LogP contribution < -0.4 is 15.2 Å². The van der Waals surface area contributed by atoms with Crippen molar-refractivity contribution in [3.8, 4) is 17.0 Å². The fraction of sp³-hybridized carbons (Fsp3) is 0.240. The number of aromatic nitrogens is 3. The summed E-state index contributed by atoms with van der Waals surface area (Å²) in [6.45, 7) is 3.21. The van der Waals surface area contributed by atoms with Crippen LogP contribution in [-0.2, 0) is 17.8 Å². The minimum absolute atomic E-state index is 0.00671. The van der Waals surface area contributed by atoms with Crippen molar-refractivity contribution in [1.29, 1.82) is 0 Å². The molecule has 0 aliphatic carbocycles. The topological polar surface area (TPSA) is 68.8 Å². The molecule has 0 spiro atoms. The highest BCUT2D eigenvalue weighted by atomic mass is 16.5. The molecule has 0 radical (unpaired) electrons. The molecule has 0 unspecified atom stereocenters. The Hall–Kier alpha value is -3.87. The van der Waals surface area contributed by atoms with Crippen LogP contribution in [0.5, 0.6) is 5.75 Å². The standard InChI is InChI=1S/C25H24N4O3/c1-2-32-20-11-9-18(10-12-20)21-16-23-25(31)27(14-15-29(23)26-21)17-24(30)28-13-5-7-19-6-3-4-8-22(19)28/h3-4,6,8-12,14-16H,2,5,7,13,17H2,1H3. The number of para-hydroxylation sites is 1. The van der Waals surface area contributed by atoms with Crippen molar-refractivity contribution < 1.29 is 9.53 Å². The van der Waals surface area contributed by atoms with Crippen LogP contribution in [0.15, 0.2) is 71.8 Å². The van der Waals surface area contributed by atoms with Gasteiger partial charge < -0.3 is 14.2 Å². The third-order valence-corrected chi connectivity index (χ3v) is 5.78. The zero-order chi connectivity index (χ0) is 22.1. The smallest absolute Gasteiger partial charge is 0.277 e. The number of amides is 1. The largest absolute Gasteiger partial charge is 0.494 e. The molecule has 32 heavy (non-hydrogen) atoms. The first-order valence-electron chi connectivity index (χ1n) is 10.8. The summed E-state index contributed by atoms with van der Waals surface area (Å²) < 4.78 is 8.50. The molecule has 7 heteroatoms. The van der Waals surface area contributed by atoms with Crippen molar-refractivity contribution in [3.63, 3.8) is 0 Å². The summed E-state index contributed by atoms with van der Waals surface area (Å²) in [5, 5.41) is 4.53. The monoisotopic (exact) mass is 428 g/mol. The summed E-state index contributed by atoms with van der Waals surface area (Å²) in [6, 6.07) is 17.3. The zero-order valence-corrected chi connectivity index (χ0v) is 17.9. The second kappa shape index (κ2) is 8.34. The molecule has 0 saturated carbocycles. The Morgan fingerprint density at radius 3 is 2.72 bits per heavy atom. The summed E-state index contributed by atoms with van der Waals surface area (Å²) in [6.07, 6.45) is 5.23. The predicted molar refractivity (Wildman–Crippen MR) is 123 cm³/mol. The number of hydrogen-bond acceptors (Lipinski definition) is 4. The quantitative estimate of drug-likeness (QED) is 0.488. The van der Waals surface area contributed by atoms with Gasteiger partial charge in [-0.25, -0.2) is 4.52 Å². The molecule has 4 aromatic rings. The number of hydrogen-bond donors (Lipinski definition) is 0. The maximum absolute atomic E-state index is 13.1. The van der Waals surface area contributed by atoms with Gasteiger partial charge in [-0.05, 0) is 61.7 Å². The molecule has 3 heterocycles. The molecule has 0 saturated heterocycles. The number of carbonyl (C=O) groups is 1. The second-order valence-corrected chi connectivity index (χ2v) is 7.83. The Labute approximate surface area is 185 Å². The molecular formula is C25H24N4O3. The molecule has 2 aromatic heterocycles. The fourth-order valence-corrected chi connectivity index (χ4v) is 4.20. The van der Waals surface area contributed by atoms with Gasteiger partial charge in [0.05, 0.1) is 12.3 Å². The Balaban J connectivity index is 1.42. The molecule has 0 fully saturated rings. The number of aryl methyl sites for hydroxylation is 1. The molecule has 0 N–H and O–H groups in total. The first-order chi connectivity index (χ1) is 15.6. The van der Waals surface area contributed by atoms with Gasteiger partial charge in [0.15, 0.2) is 0 Å². The number of rotatable bonds is 5. The van der Waals surface area contributed by atoms with Crippen LogP contribution in [0.2, 0.25) is 0 Å². The van der Waals surface area contributed by atoms with E-state index in [2.05, 4.69) is 11.2 Å². The molecule has 0 atom stereocenters. The summed E-state index contributed by atoms with van der Waals surface area (Å²) in [4.78, 5) is 27.9. The van der Waals surface area contributed by atoms with Crippen molar-refractivity contribution in [2.24, 2.45) is 0 Å². The van der Waals surface area contributed by atoms with Crippen molar-refractivity contribution in [1.82, 2.24) is 14.2 Å². The maximum atomic E-state index is 13.1. The molecule has 7 nitrogen and oxygen atoms in total. The van der Waals surface area contributed by atoms with Crippen LogP contribution in [0, 0.1) is 0 Å². The van der Waals surface area contributed by atoms with Crippen LogP contribution >= 0.6 is 0 Å². The lowest BCUT2D eigenvalue weighted by Crippen LogP contribution is -2.39. The van der Waals surface area contributed by atoms with Crippen LogP contribution in [-0.4, -0.2) is 33.2 Å². The fourth-order valence-electron chi connectivity index (χ4n) is 4.20. The molecule has 1 amide bonds. The van der Waals surface area contributed by atoms with Crippen LogP contribution in [0.3, 0.4) is 0 Å². The molecule has 162 valence electrons. The third kappa shape index (κ3) is 3.66. The van der Waals surface area contributed by atoms with Crippen molar-refractivity contribution in [2.75, 3.05) is 18.1 Å². The molecule has 2 aromatic carbocycles. The van der Waals surface area contributed by atoms with E-state index >= 15 is 0 Å². The number of benzene rings is 2. The summed E-state index contributed by atoms with van der Waals surface area (Å²) >= 11 is 0. The number of ether oxygens (including phenoxy) is 1. The van der Waals surface area contributed by atoms with E-state index < -0.39 is 0 Å². The van der Waals surface area contributed by atoms with E-state index in [1.54, 1.807) is 27.9 Å². The Morgan fingerprint density at radius 2 is 1.91 bits per heavy atom. The van der Waals surface area contributed by atoms with Gasteiger partial charge in [-0.15, -0.1) is 0 Å². The average molecular weight is 428 g/mol. The lowest BCUT2D eigenvalue weighted by Gasteiger charge is -2.29. The Kier molecular flexibility index (Phi) is 5.23. The summed E-state index contributed by atoms with van der Waals surface area (Å²) in [5.74, 6) is 0.704. The minimum Gasteiger partial charge on any atom is -0.494 e. The maximum Gasteiger partial charge on any atom is 0.277 e. The van der Waals surface area contributed by atoms with Gasteiger partial charge in [0.25, 0.3) is 5.56 Å². The molecule has 1 aliphatic rings. The van der Waals surface area contributed by atoms with Crippen LogP contribution in [0.4, 0.5) is 5.69 Å². The second-order valence-electron chi connectivity index (χ2n) is 7.83. The first-order valence-corrected chi connectivity index (χ1v) is 10.8. The van der Waals surface area contributed by atoms with Gasteiger partial charge in [-0.1, -0.05) is 18.2 Å². The highest BCUT2D eigenvalue weighted by Gasteiger charge is 2.23. The van der Waals surface area contributed by atoms with Crippen molar-refractivity contribution in [2.45, 2.75) is 26.3 Å². The normalized spacial score (nSPS) is 13.2. The van der Waals surface area contributed by atoms with Gasteiger partial charge in [-0.2, -0.15) is 5.10 Å². The van der Waals surface area contributed by atoms with Gasteiger partial charge >= 0.3 is 0 Å². The van der Waals surface area contributed by atoms with E-state index in [-0.39, 0.29) is 18.0 Å². The number of nitrogens with zero attached hydrogens (tertiary/aromatic N) is 4.